The molecule has 1 saturated carbocycles. The minimum atomic E-state index is -0.471. The lowest BCUT2D eigenvalue weighted by atomic mass is 10.2. The van der Waals surface area contributed by atoms with Crippen molar-refractivity contribution >= 4 is 17.7 Å². The van der Waals surface area contributed by atoms with E-state index in [1.165, 1.54) is 37.8 Å². The van der Waals surface area contributed by atoms with Crippen LogP contribution in [0.5, 0.6) is 5.75 Å². The van der Waals surface area contributed by atoms with Crippen molar-refractivity contribution in [2.45, 2.75) is 49.7 Å². The van der Waals surface area contributed by atoms with Crippen molar-refractivity contribution in [2.24, 2.45) is 0 Å². The van der Waals surface area contributed by atoms with Gasteiger partial charge < -0.3 is 14.6 Å². The summed E-state index contributed by atoms with van der Waals surface area (Å²) in [6, 6.07) is 6.55. The number of halogens is 1. The zero-order valence-electron chi connectivity index (χ0n) is 15.5. The zero-order chi connectivity index (χ0) is 19.1. The predicted octanol–water partition coefficient (Wildman–Crippen LogP) is 3.38. The first-order valence-electron chi connectivity index (χ1n) is 9.31. The normalized spacial score (nSPS) is 14.4. The van der Waals surface area contributed by atoms with Gasteiger partial charge >= 0.3 is 0 Å². The molecule has 1 N–H and O–H groups in total. The number of amides is 1. The Morgan fingerprint density at radius 3 is 2.85 bits per heavy atom. The van der Waals surface area contributed by atoms with Gasteiger partial charge in [-0.3, -0.25) is 4.79 Å². The van der Waals surface area contributed by atoms with Crippen molar-refractivity contribution in [3.05, 3.63) is 35.9 Å². The molecule has 1 aliphatic carbocycles. The van der Waals surface area contributed by atoms with Gasteiger partial charge in [-0.05, 0) is 37.7 Å². The number of nitrogens with one attached hydrogen (secondary N) is 1. The molecule has 1 amide bonds. The van der Waals surface area contributed by atoms with Crippen molar-refractivity contribution in [3.8, 4) is 5.75 Å². The maximum absolute atomic E-state index is 13.5. The molecule has 6 nitrogen and oxygen atoms in total. The average Bonchev–Trinajstić information content (AvgIpc) is 3.33. The molecule has 0 spiro atoms. The number of thioether (sulfide) groups is 1. The number of carbonyl (C=O) groups is 1. The third kappa shape index (κ3) is 5.22. The van der Waals surface area contributed by atoms with E-state index in [0.717, 1.165) is 23.8 Å². The molecule has 146 valence electrons. The molecule has 1 aromatic heterocycles. The minimum absolute atomic E-state index is 0.0851. The second kappa shape index (κ2) is 9.73. The van der Waals surface area contributed by atoms with Crippen molar-refractivity contribution in [1.29, 1.82) is 0 Å². The molecular formula is C19H25FN4O2S. The Bertz CT molecular complexity index is 762. The van der Waals surface area contributed by atoms with Gasteiger partial charge in [0.2, 0.25) is 0 Å². The first-order valence-corrected chi connectivity index (χ1v) is 10.5. The van der Waals surface area contributed by atoms with Crippen LogP contribution in [0.4, 0.5) is 4.39 Å². The first-order chi connectivity index (χ1) is 13.2. The number of para-hydroxylation sites is 1. The lowest BCUT2D eigenvalue weighted by Gasteiger charge is -2.16. The van der Waals surface area contributed by atoms with E-state index in [0.29, 0.717) is 12.6 Å². The van der Waals surface area contributed by atoms with Crippen LogP contribution in [0.3, 0.4) is 0 Å². The van der Waals surface area contributed by atoms with Gasteiger partial charge in [-0.2, -0.15) is 0 Å². The molecule has 1 fully saturated rings. The fraction of sp³-hybridized carbons (Fsp3) is 0.526. The van der Waals surface area contributed by atoms with Gasteiger partial charge in [0.1, 0.15) is 5.82 Å². The van der Waals surface area contributed by atoms with Gasteiger partial charge in [-0.25, -0.2) is 4.39 Å². The monoisotopic (exact) mass is 392 g/mol. The summed E-state index contributed by atoms with van der Waals surface area (Å²) in [5.41, 5.74) is 0. The number of rotatable bonds is 9. The summed E-state index contributed by atoms with van der Waals surface area (Å²) in [4.78, 5) is 11.9. The lowest BCUT2D eigenvalue weighted by Crippen LogP contribution is -2.30. The van der Waals surface area contributed by atoms with Gasteiger partial charge in [0.25, 0.3) is 5.91 Å². The number of aromatic nitrogens is 3. The van der Waals surface area contributed by atoms with Gasteiger partial charge in [-0.1, -0.05) is 36.7 Å². The summed E-state index contributed by atoms with van der Waals surface area (Å²) < 4.78 is 20.9. The Labute approximate surface area is 162 Å². The highest BCUT2D eigenvalue weighted by molar-refractivity contribution is 7.98. The van der Waals surface area contributed by atoms with E-state index in [4.69, 9.17) is 4.74 Å². The molecule has 0 atom stereocenters. The largest absolute Gasteiger partial charge is 0.481 e. The number of aryl methyl sites for hydroxylation is 1. The van der Waals surface area contributed by atoms with Crippen molar-refractivity contribution < 1.29 is 13.9 Å². The van der Waals surface area contributed by atoms with Crippen LogP contribution in [0.1, 0.15) is 44.0 Å². The number of benzene rings is 1. The molecule has 0 bridgehead atoms. The van der Waals surface area contributed by atoms with Crippen molar-refractivity contribution in [3.63, 3.8) is 0 Å². The summed E-state index contributed by atoms with van der Waals surface area (Å²) in [5.74, 6) is 0.339. The van der Waals surface area contributed by atoms with Gasteiger partial charge in [0.05, 0.1) is 0 Å². The standard InChI is InChI=1S/C19H25FN4O2S/c1-27-19-23-22-17(24(19)14-7-2-3-8-14)11-6-12-21-18(25)13-26-16-10-5-4-9-15(16)20/h4-5,9-10,14H,2-3,6-8,11-13H2,1H3,(H,21,25). The molecule has 0 unspecified atom stereocenters. The molecule has 2 aromatic rings. The Hall–Kier alpha value is -2.09. The van der Waals surface area contributed by atoms with E-state index in [1.807, 2.05) is 6.26 Å². The SMILES string of the molecule is CSc1nnc(CCCNC(=O)COc2ccccc2F)n1C1CCCC1. The Kier molecular flexibility index (Phi) is 7.09. The molecular weight excluding hydrogens is 367 g/mol. The third-order valence-corrected chi connectivity index (χ3v) is 5.35. The Morgan fingerprint density at radius 2 is 2.11 bits per heavy atom. The Balaban J connectivity index is 1.43. The van der Waals surface area contributed by atoms with Crippen LogP contribution >= 0.6 is 11.8 Å². The predicted molar refractivity (Wildman–Crippen MR) is 103 cm³/mol. The summed E-state index contributed by atoms with van der Waals surface area (Å²) in [5, 5.41) is 12.4. The highest BCUT2D eigenvalue weighted by atomic mass is 32.2. The molecule has 1 heterocycles. The van der Waals surface area contributed by atoms with E-state index in [9.17, 15) is 9.18 Å². The smallest absolute Gasteiger partial charge is 0.257 e. The van der Waals surface area contributed by atoms with Crippen molar-refractivity contribution in [1.82, 2.24) is 20.1 Å². The highest BCUT2D eigenvalue weighted by Crippen LogP contribution is 2.33. The third-order valence-electron chi connectivity index (χ3n) is 4.70. The molecule has 3 rings (SSSR count). The first kappa shape index (κ1) is 19.7. The molecule has 8 heteroatoms. The molecule has 27 heavy (non-hydrogen) atoms. The second-order valence-corrected chi connectivity index (χ2v) is 7.36. The molecule has 0 aliphatic heterocycles. The quantitative estimate of drug-likeness (QED) is 0.523. The highest BCUT2D eigenvalue weighted by Gasteiger charge is 2.23. The van der Waals surface area contributed by atoms with Gasteiger partial charge in [0.15, 0.2) is 23.3 Å². The molecule has 0 radical (unpaired) electrons. The number of hydrogen-bond donors (Lipinski definition) is 1. The maximum atomic E-state index is 13.5. The van der Waals surface area contributed by atoms with E-state index in [1.54, 1.807) is 23.9 Å². The van der Waals surface area contributed by atoms with E-state index in [2.05, 4.69) is 20.1 Å². The Morgan fingerprint density at radius 1 is 1.33 bits per heavy atom. The number of nitrogens with zero attached hydrogens (tertiary/aromatic N) is 3. The summed E-state index contributed by atoms with van der Waals surface area (Å²) in [6.07, 6.45) is 8.44. The molecule has 0 saturated heterocycles. The van der Waals surface area contributed by atoms with Crippen LogP contribution in [0, 0.1) is 5.82 Å². The van der Waals surface area contributed by atoms with Crippen LogP contribution in [0.15, 0.2) is 29.4 Å². The minimum Gasteiger partial charge on any atom is -0.481 e. The van der Waals surface area contributed by atoms with Crippen LogP contribution in [-0.2, 0) is 11.2 Å². The topological polar surface area (TPSA) is 69.0 Å². The number of ether oxygens (including phenoxy) is 1. The number of carbonyl (C=O) groups excluding carboxylic acids is 1. The summed E-state index contributed by atoms with van der Waals surface area (Å²) in [6.45, 7) is 0.321. The number of hydrogen-bond acceptors (Lipinski definition) is 5. The summed E-state index contributed by atoms with van der Waals surface area (Å²) in [7, 11) is 0. The lowest BCUT2D eigenvalue weighted by molar-refractivity contribution is -0.123. The molecule has 1 aliphatic rings. The van der Waals surface area contributed by atoms with Gasteiger partial charge in [0, 0.05) is 19.0 Å². The van der Waals surface area contributed by atoms with Crippen LogP contribution in [-0.4, -0.2) is 40.1 Å². The van der Waals surface area contributed by atoms with Crippen molar-refractivity contribution in [2.75, 3.05) is 19.4 Å². The average molecular weight is 393 g/mol. The van der Waals surface area contributed by atoms with Crippen LogP contribution in [0.25, 0.3) is 0 Å². The van der Waals surface area contributed by atoms with Crippen LogP contribution < -0.4 is 10.1 Å². The van der Waals surface area contributed by atoms with Crippen LogP contribution in [0.2, 0.25) is 0 Å². The van der Waals surface area contributed by atoms with Gasteiger partial charge in [-0.15, -0.1) is 10.2 Å². The maximum Gasteiger partial charge on any atom is 0.257 e. The fourth-order valence-corrected chi connectivity index (χ4v) is 3.95. The zero-order valence-corrected chi connectivity index (χ0v) is 16.3. The van der Waals surface area contributed by atoms with E-state index < -0.39 is 5.82 Å². The molecule has 1 aromatic carbocycles. The van der Waals surface area contributed by atoms with E-state index >= 15 is 0 Å². The summed E-state index contributed by atoms with van der Waals surface area (Å²) >= 11 is 1.63. The second-order valence-electron chi connectivity index (χ2n) is 6.58. The van der Waals surface area contributed by atoms with E-state index in [-0.39, 0.29) is 18.3 Å². The fourth-order valence-electron chi connectivity index (χ4n) is 3.38.